The summed E-state index contributed by atoms with van der Waals surface area (Å²) >= 11 is 0. The number of nitrogens with one attached hydrogen (secondary N) is 1. The highest BCUT2D eigenvalue weighted by molar-refractivity contribution is 5.85. The number of rotatable bonds is 5. The number of ether oxygens (including phenoxy) is 1. The van der Waals surface area contributed by atoms with Gasteiger partial charge in [-0.15, -0.1) is 12.4 Å². The molecule has 1 aliphatic heterocycles. The summed E-state index contributed by atoms with van der Waals surface area (Å²) in [5.74, 6) is 0.252. The SMILES string of the molecule is COCCNCC(=O)N1CC2(C)CC1CC(C)(C)C2.Cl. The van der Waals surface area contributed by atoms with Gasteiger partial charge in [0.25, 0.3) is 0 Å². The first-order valence-corrected chi connectivity index (χ1v) is 7.34. The van der Waals surface area contributed by atoms with Crippen molar-refractivity contribution >= 4 is 18.3 Å². The molecule has 2 fully saturated rings. The molecule has 2 atom stereocenters. The van der Waals surface area contributed by atoms with Crippen molar-refractivity contribution in [3.05, 3.63) is 0 Å². The van der Waals surface area contributed by atoms with E-state index in [0.29, 0.717) is 30.0 Å². The number of amides is 1. The third kappa shape index (κ3) is 4.09. The van der Waals surface area contributed by atoms with Gasteiger partial charge in [0, 0.05) is 26.2 Å². The average Bonchev–Trinajstić information content (AvgIpc) is 2.54. The molecule has 0 aromatic heterocycles. The summed E-state index contributed by atoms with van der Waals surface area (Å²) < 4.78 is 4.97. The van der Waals surface area contributed by atoms with Gasteiger partial charge >= 0.3 is 0 Å². The number of nitrogens with zero attached hydrogens (tertiary/aromatic N) is 1. The number of methoxy groups -OCH3 is 1. The highest BCUT2D eigenvalue weighted by atomic mass is 35.5. The molecule has 2 rings (SSSR count). The van der Waals surface area contributed by atoms with Crippen molar-refractivity contribution < 1.29 is 9.53 Å². The smallest absolute Gasteiger partial charge is 0.236 e. The van der Waals surface area contributed by atoms with E-state index in [1.165, 1.54) is 12.8 Å². The summed E-state index contributed by atoms with van der Waals surface area (Å²) in [5.41, 5.74) is 0.699. The van der Waals surface area contributed by atoms with Crippen LogP contribution in [-0.4, -0.2) is 50.2 Å². The molecule has 4 nitrogen and oxygen atoms in total. The first kappa shape index (κ1) is 17.7. The van der Waals surface area contributed by atoms with Gasteiger partial charge in [0.1, 0.15) is 0 Å². The number of carbonyl (C=O) groups excluding carboxylic acids is 1. The fourth-order valence-corrected chi connectivity index (χ4v) is 4.22. The highest BCUT2D eigenvalue weighted by Crippen LogP contribution is 2.52. The first-order chi connectivity index (χ1) is 8.85. The molecule has 2 unspecified atom stereocenters. The zero-order chi connectivity index (χ0) is 14.1. The van der Waals surface area contributed by atoms with Crippen LogP contribution in [0.4, 0.5) is 0 Å². The predicted molar refractivity (Wildman–Crippen MR) is 83.2 cm³/mol. The summed E-state index contributed by atoms with van der Waals surface area (Å²) in [6.45, 7) is 9.78. The van der Waals surface area contributed by atoms with E-state index in [1.807, 2.05) is 0 Å². The predicted octanol–water partition coefficient (Wildman–Crippen LogP) is 2.07. The lowest BCUT2D eigenvalue weighted by atomic mass is 9.65. The number of hydrogen-bond donors (Lipinski definition) is 1. The molecule has 0 aromatic carbocycles. The van der Waals surface area contributed by atoms with E-state index in [1.54, 1.807) is 7.11 Å². The third-order valence-electron chi connectivity index (χ3n) is 4.49. The summed E-state index contributed by atoms with van der Waals surface area (Å²) in [6.07, 6.45) is 3.56. The molecule has 1 amide bonds. The second kappa shape index (κ2) is 6.63. The Kier molecular flexibility index (Phi) is 5.88. The largest absolute Gasteiger partial charge is 0.383 e. The number of halogens is 1. The Morgan fingerprint density at radius 3 is 2.70 bits per heavy atom. The molecular weight excluding hydrogens is 276 g/mol. The van der Waals surface area contributed by atoms with Gasteiger partial charge in [0.15, 0.2) is 0 Å². The van der Waals surface area contributed by atoms with E-state index in [-0.39, 0.29) is 18.3 Å². The van der Waals surface area contributed by atoms with Crippen LogP contribution in [0.25, 0.3) is 0 Å². The van der Waals surface area contributed by atoms with Gasteiger partial charge in [-0.1, -0.05) is 20.8 Å². The minimum Gasteiger partial charge on any atom is -0.383 e. The molecule has 0 aromatic rings. The van der Waals surface area contributed by atoms with Crippen LogP contribution in [-0.2, 0) is 9.53 Å². The molecule has 118 valence electrons. The Labute approximate surface area is 129 Å². The normalized spacial score (nSPS) is 31.0. The fraction of sp³-hybridized carbons (Fsp3) is 0.933. The van der Waals surface area contributed by atoms with Crippen LogP contribution in [0, 0.1) is 10.8 Å². The van der Waals surface area contributed by atoms with Gasteiger partial charge in [-0.05, 0) is 30.1 Å². The van der Waals surface area contributed by atoms with Crippen LogP contribution in [0.5, 0.6) is 0 Å². The lowest BCUT2D eigenvalue weighted by Gasteiger charge is -2.39. The van der Waals surface area contributed by atoms with Gasteiger partial charge in [0.05, 0.1) is 13.2 Å². The summed E-state index contributed by atoms with van der Waals surface area (Å²) in [4.78, 5) is 14.4. The molecule has 1 heterocycles. The highest BCUT2D eigenvalue weighted by Gasteiger charge is 2.50. The number of hydrogen-bond acceptors (Lipinski definition) is 3. The number of likely N-dealkylation sites (tertiary alicyclic amines) is 1. The second-order valence-corrected chi connectivity index (χ2v) is 7.40. The van der Waals surface area contributed by atoms with E-state index < -0.39 is 0 Å². The number of fused-ring (bicyclic) bond motifs is 2. The zero-order valence-corrected chi connectivity index (χ0v) is 14.0. The quantitative estimate of drug-likeness (QED) is 0.791. The van der Waals surface area contributed by atoms with Crippen molar-refractivity contribution in [2.24, 2.45) is 10.8 Å². The molecule has 1 N–H and O–H groups in total. The van der Waals surface area contributed by atoms with Crippen molar-refractivity contribution in [1.82, 2.24) is 10.2 Å². The Hall–Kier alpha value is -0.320. The minimum atomic E-state index is 0. The fourth-order valence-electron chi connectivity index (χ4n) is 4.22. The molecule has 2 aliphatic rings. The van der Waals surface area contributed by atoms with Gasteiger partial charge in [-0.3, -0.25) is 4.79 Å². The first-order valence-electron chi connectivity index (χ1n) is 7.34. The summed E-state index contributed by atoms with van der Waals surface area (Å²) in [5, 5.41) is 3.16. The van der Waals surface area contributed by atoms with Crippen LogP contribution >= 0.6 is 12.4 Å². The molecule has 0 radical (unpaired) electrons. The van der Waals surface area contributed by atoms with E-state index in [4.69, 9.17) is 4.74 Å². The van der Waals surface area contributed by atoms with Crippen LogP contribution in [0.2, 0.25) is 0 Å². The molecule has 1 aliphatic carbocycles. The van der Waals surface area contributed by atoms with Gasteiger partial charge in [-0.2, -0.15) is 0 Å². The molecule has 1 saturated carbocycles. The van der Waals surface area contributed by atoms with Crippen molar-refractivity contribution in [1.29, 1.82) is 0 Å². The molecule has 2 bridgehead atoms. The Bertz CT molecular complexity index is 349. The van der Waals surface area contributed by atoms with Crippen LogP contribution in [0.1, 0.15) is 40.0 Å². The van der Waals surface area contributed by atoms with E-state index >= 15 is 0 Å². The lowest BCUT2D eigenvalue weighted by Crippen LogP contribution is -2.42. The maximum atomic E-state index is 12.3. The average molecular weight is 305 g/mol. The van der Waals surface area contributed by atoms with Crippen LogP contribution in [0.3, 0.4) is 0 Å². The molecule has 0 spiro atoms. The maximum Gasteiger partial charge on any atom is 0.236 e. The molecule has 5 heteroatoms. The Morgan fingerprint density at radius 1 is 1.35 bits per heavy atom. The zero-order valence-electron chi connectivity index (χ0n) is 13.2. The molecule has 20 heavy (non-hydrogen) atoms. The van der Waals surface area contributed by atoms with Crippen molar-refractivity contribution in [2.75, 3.05) is 33.4 Å². The summed E-state index contributed by atoms with van der Waals surface area (Å²) in [6, 6.07) is 0.450. The Balaban J connectivity index is 0.00000200. The number of carbonyl (C=O) groups is 1. The lowest BCUT2D eigenvalue weighted by molar-refractivity contribution is -0.131. The van der Waals surface area contributed by atoms with Crippen molar-refractivity contribution in [2.45, 2.75) is 46.1 Å². The molecular formula is C15H29ClN2O2. The molecule has 1 saturated heterocycles. The van der Waals surface area contributed by atoms with Crippen LogP contribution < -0.4 is 5.32 Å². The maximum absolute atomic E-state index is 12.3. The van der Waals surface area contributed by atoms with Crippen molar-refractivity contribution in [3.63, 3.8) is 0 Å². The summed E-state index contributed by atoms with van der Waals surface area (Å²) in [7, 11) is 1.68. The minimum absolute atomic E-state index is 0. The second-order valence-electron chi connectivity index (χ2n) is 7.40. The standard InChI is InChI=1S/C15H28N2O2.ClH/c1-14(2)7-12-8-15(3,10-14)11-17(12)13(18)9-16-5-6-19-4;/h12,16H,5-11H2,1-4H3;1H. The van der Waals surface area contributed by atoms with E-state index in [2.05, 4.69) is 31.0 Å². The van der Waals surface area contributed by atoms with E-state index in [9.17, 15) is 4.79 Å². The topological polar surface area (TPSA) is 41.6 Å². The van der Waals surface area contributed by atoms with Crippen molar-refractivity contribution in [3.8, 4) is 0 Å². The van der Waals surface area contributed by atoms with Crippen LogP contribution in [0.15, 0.2) is 0 Å². The van der Waals surface area contributed by atoms with Gasteiger partial charge in [0.2, 0.25) is 5.91 Å². The van der Waals surface area contributed by atoms with E-state index in [0.717, 1.165) is 19.5 Å². The third-order valence-corrected chi connectivity index (χ3v) is 4.49. The van der Waals surface area contributed by atoms with Gasteiger partial charge in [-0.25, -0.2) is 0 Å². The van der Waals surface area contributed by atoms with Gasteiger partial charge < -0.3 is 15.0 Å². The monoisotopic (exact) mass is 304 g/mol. The Morgan fingerprint density at radius 2 is 2.05 bits per heavy atom.